The molecule has 1 aromatic carbocycles. The van der Waals surface area contributed by atoms with Crippen LogP contribution >= 0.6 is 0 Å². The minimum Gasteiger partial charge on any atom is -0.340 e. The number of nitrogens with zero attached hydrogens (tertiary/aromatic N) is 2. The highest BCUT2D eigenvalue weighted by atomic mass is 19.4. The molecule has 3 rings (SSSR count). The van der Waals surface area contributed by atoms with Gasteiger partial charge in [0, 0.05) is 32.1 Å². The second kappa shape index (κ2) is 6.11. The van der Waals surface area contributed by atoms with Gasteiger partial charge in [-0.15, -0.1) is 0 Å². The Morgan fingerprint density at radius 3 is 2.58 bits per heavy atom. The molecule has 1 aromatic rings. The summed E-state index contributed by atoms with van der Waals surface area (Å²) in [6, 6.07) is 6.46. The molecule has 2 aliphatic heterocycles. The van der Waals surface area contributed by atoms with Crippen LogP contribution in [0.15, 0.2) is 24.3 Å². The first-order valence-corrected chi connectivity index (χ1v) is 8.02. The molecule has 0 N–H and O–H groups in total. The van der Waals surface area contributed by atoms with E-state index in [9.17, 15) is 22.8 Å². The highest BCUT2D eigenvalue weighted by molar-refractivity contribution is 6.02. The van der Waals surface area contributed by atoms with E-state index < -0.39 is 24.0 Å². The van der Waals surface area contributed by atoms with Crippen molar-refractivity contribution in [1.82, 2.24) is 4.90 Å². The van der Waals surface area contributed by atoms with Crippen LogP contribution in [-0.2, 0) is 16.0 Å². The lowest BCUT2D eigenvalue weighted by molar-refractivity contribution is -0.188. The van der Waals surface area contributed by atoms with Gasteiger partial charge >= 0.3 is 6.18 Å². The van der Waals surface area contributed by atoms with Crippen LogP contribution in [0, 0.1) is 5.92 Å². The Hall–Kier alpha value is -2.05. The zero-order chi connectivity index (χ0) is 17.5. The Morgan fingerprint density at radius 1 is 1.21 bits per heavy atom. The Kier molecular flexibility index (Phi) is 4.27. The Bertz CT molecular complexity index is 659. The van der Waals surface area contributed by atoms with Gasteiger partial charge in [0.05, 0.1) is 5.92 Å². The maximum Gasteiger partial charge on any atom is 0.393 e. The van der Waals surface area contributed by atoms with Crippen LogP contribution in [0.5, 0.6) is 0 Å². The van der Waals surface area contributed by atoms with Crippen LogP contribution in [-0.4, -0.2) is 42.0 Å². The topological polar surface area (TPSA) is 40.6 Å². The number of hydrogen-bond acceptors (Lipinski definition) is 2. The number of alkyl halides is 3. The molecule has 0 bridgehead atoms. The number of likely N-dealkylation sites (tertiary alicyclic amines) is 1. The summed E-state index contributed by atoms with van der Waals surface area (Å²) < 4.78 is 38.9. The second-order valence-corrected chi connectivity index (χ2v) is 6.40. The van der Waals surface area contributed by atoms with E-state index in [0.717, 1.165) is 5.56 Å². The molecule has 0 aliphatic carbocycles. The van der Waals surface area contributed by atoms with E-state index in [1.807, 2.05) is 12.1 Å². The molecule has 1 fully saturated rings. The lowest BCUT2D eigenvalue weighted by atomic mass is 9.96. The van der Waals surface area contributed by atoms with Gasteiger partial charge in [-0.25, -0.2) is 0 Å². The third-order valence-electron chi connectivity index (χ3n) is 4.80. The van der Waals surface area contributed by atoms with Crippen LogP contribution in [0.2, 0.25) is 0 Å². The molecule has 7 heteroatoms. The normalized spacial score (nSPS) is 24.0. The first kappa shape index (κ1) is 16.8. The van der Waals surface area contributed by atoms with E-state index in [-0.39, 0.29) is 18.9 Å². The molecule has 130 valence electrons. The summed E-state index contributed by atoms with van der Waals surface area (Å²) in [5, 5.41) is 0. The molecular weight excluding hydrogens is 321 g/mol. The standard InChI is InChI=1S/C17H19F3N2O2/c1-11(23)22-14-7-3-2-5-12(14)9-15(22)16(24)21-8-4-6-13(10-21)17(18,19)20/h2-3,5,7,13,15H,4,6,8-10H2,1H3/t13?,15-/m0/s1. The van der Waals surface area contributed by atoms with Crippen LogP contribution in [0.25, 0.3) is 0 Å². The van der Waals surface area contributed by atoms with Crippen molar-refractivity contribution >= 4 is 17.5 Å². The van der Waals surface area contributed by atoms with Crippen molar-refractivity contribution < 1.29 is 22.8 Å². The van der Waals surface area contributed by atoms with Crippen LogP contribution in [0.4, 0.5) is 18.9 Å². The number of benzene rings is 1. The van der Waals surface area contributed by atoms with E-state index in [1.54, 1.807) is 12.1 Å². The third-order valence-corrected chi connectivity index (χ3v) is 4.80. The van der Waals surface area contributed by atoms with Gasteiger partial charge in [-0.1, -0.05) is 18.2 Å². The second-order valence-electron chi connectivity index (χ2n) is 6.40. The minimum atomic E-state index is -4.29. The van der Waals surface area contributed by atoms with E-state index >= 15 is 0 Å². The summed E-state index contributed by atoms with van der Waals surface area (Å²) >= 11 is 0. The maximum atomic E-state index is 13.0. The Labute approximate surface area is 138 Å². The highest BCUT2D eigenvalue weighted by Crippen LogP contribution is 2.36. The molecule has 2 aliphatic rings. The minimum absolute atomic E-state index is 0.0502. The van der Waals surface area contributed by atoms with Crippen molar-refractivity contribution in [2.45, 2.75) is 38.4 Å². The van der Waals surface area contributed by atoms with Crippen molar-refractivity contribution in [3.05, 3.63) is 29.8 Å². The van der Waals surface area contributed by atoms with Crippen molar-refractivity contribution in [3.8, 4) is 0 Å². The molecule has 0 spiro atoms. The average molecular weight is 340 g/mol. The fourth-order valence-electron chi connectivity index (χ4n) is 3.63. The molecule has 2 amide bonds. The van der Waals surface area contributed by atoms with Gasteiger partial charge in [-0.05, 0) is 24.5 Å². The van der Waals surface area contributed by atoms with Gasteiger partial charge in [0.25, 0.3) is 0 Å². The van der Waals surface area contributed by atoms with Gasteiger partial charge in [0.2, 0.25) is 11.8 Å². The summed E-state index contributed by atoms with van der Waals surface area (Å²) in [6.45, 7) is 1.36. The van der Waals surface area contributed by atoms with Crippen molar-refractivity contribution in [1.29, 1.82) is 0 Å². The molecule has 0 saturated carbocycles. The molecule has 24 heavy (non-hydrogen) atoms. The van der Waals surface area contributed by atoms with Crippen LogP contribution in [0.1, 0.15) is 25.3 Å². The van der Waals surface area contributed by atoms with Gasteiger partial charge in [0.15, 0.2) is 0 Å². The van der Waals surface area contributed by atoms with Gasteiger partial charge in [0.1, 0.15) is 6.04 Å². The number of carbonyl (C=O) groups is 2. The van der Waals surface area contributed by atoms with Gasteiger partial charge in [-0.3, -0.25) is 14.5 Å². The Balaban J connectivity index is 1.81. The van der Waals surface area contributed by atoms with Gasteiger partial charge in [-0.2, -0.15) is 13.2 Å². The largest absolute Gasteiger partial charge is 0.393 e. The number of halogens is 3. The SMILES string of the molecule is CC(=O)N1c2ccccc2C[C@H]1C(=O)N1CCCC(C(F)(F)F)C1. The maximum absolute atomic E-state index is 13.0. The van der Waals surface area contributed by atoms with Crippen LogP contribution < -0.4 is 4.90 Å². The molecule has 2 atom stereocenters. The number of para-hydroxylation sites is 1. The van der Waals surface area contributed by atoms with E-state index in [0.29, 0.717) is 25.1 Å². The smallest absolute Gasteiger partial charge is 0.340 e. The van der Waals surface area contributed by atoms with Crippen molar-refractivity contribution in [3.63, 3.8) is 0 Å². The fourth-order valence-corrected chi connectivity index (χ4v) is 3.63. The van der Waals surface area contributed by atoms with E-state index in [2.05, 4.69) is 0 Å². The van der Waals surface area contributed by atoms with E-state index in [1.165, 1.54) is 16.7 Å². The fraction of sp³-hybridized carbons (Fsp3) is 0.529. The summed E-state index contributed by atoms with van der Waals surface area (Å²) in [6.07, 6.45) is -3.57. The number of anilines is 1. The quantitative estimate of drug-likeness (QED) is 0.789. The average Bonchev–Trinajstić information content (AvgIpc) is 2.93. The summed E-state index contributed by atoms with van der Waals surface area (Å²) in [5.74, 6) is -2.15. The third kappa shape index (κ3) is 2.99. The van der Waals surface area contributed by atoms with Gasteiger partial charge < -0.3 is 4.90 Å². The number of rotatable bonds is 1. The highest BCUT2D eigenvalue weighted by Gasteiger charge is 2.45. The summed E-state index contributed by atoms with van der Waals surface area (Å²) in [7, 11) is 0. The Morgan fingerprint density at radius 2 is 1.92 bits per heavy atom. The summed E-state index contributed by atoms with van der Waals surface area (Å²) in [5.41, 5.74) is 1.54. The zero-order valence-electron chi connectivity index (χ0n) is 13.3. The number of piperidine rings is 1. The van der Waals surface area contributed by atoms with E-state index in [4.69, 9.17) is 0 Å². The zero-order valence-corrected chi connectivity index (χ0v) is 13.3. The molecule has 4 nitrogen and oxygen atoms in total. The number of carbonyl (C=O) groups excluding carboxylic acids is 2. The number of hydrogen-bond donors (Lipinski definition) is 0. The predicted octanol–water partition coefficient (Wildman–Crippen LogP) is 2.77. The molecule has 0 aromatic heterocycles. The first-order chi connectivity index (χ1) is 11.3. The monoisotopic (exact) mass is 340 g/mol. The molecule has 2 heterocycles. The summed E-state index contributed by atoms with van der Waals surface area (Å²) in [4.78, 5) is 27.5. The molecule has 1 saturated heterocycles. The number of fused-ring (bicyclic) bond motifs is 1. The lowest BCUT2D eigenvalue weighted by Gasteiger charge is -2.36. The first-order valence-electron chi connectivity index (χ1n) is 8.02. The molecule has 0 radical (unpaired) electrons. The molecular formula is C17H19F3N2O2. The number of amides is 2. The predicted molar refractivity (Wildman–Crippen MR) is 82.5 cm³/mol. The lowest BCUT2D eigenvalue weighted by Crippen LogP contribution is -2.53. The van der Waals surface area contributed by atoms with Crippen LogP contribution in [0.3, 0.4) is 0 Å². The van der Waals surface area contributed by atoms with Crippen molar-refractivity contribution in [2.24, 2.45) is 5.92 Å². The van der Waals surface area contributed by atoms with Crippen molar-refractivity contribution in [2.75, 3.05) is 18.0 Å². The molecule has 1 unspecified atom stereocenters.